The molecule has 268 valence electrons. The van der Waals surface area contributed by atoms with E-state index < -0.39 is 20.3 Å². The third kappa shape index (κ3) is 9.63. The van der Waals surface area contributed by atoms with E-state index in [0.29, 0.717) is 60.8 Å². The number of morpholine rings is 1. The molecule has 3 fully saturated rings. The van der Waals surface area contributed by atoms with Gasteiger partial charge in [0.05, 0.1) is 50.4 Å². The molecule has 0 saturated carbocycles. The molecular weight excluding hydrogens is 670 g/mol. The van der Waals surface area contributed by atoms with Crippen molar-refractivity contribution in [3.63, 3.8) is 0 Å². The zero-order valence-electron chi connectivity index (χ0n) is 28.6. The Morgan fingerprint density at radius 1 is 0.959 bits per heavy atom. The molecule has 2 aromatic heterocycles. The van der Waals surface area contributed by atoms with Gasteiger partial charge in [-0.05, 0) is 24.2 Å². The van der Waals surface area contributed by atoms with Crippen LogP contribution in [0.3, 0.4) is 0 Å². The van der Waals surface area contributed by atoms with Crippen LogP contribution >= 0.6 is 11.6 Å². The Morgan fingerprint density at radius 3 is 2.33 bits per heavy atom. The highest BCUT2D eigenvalue weighted by atomic mass is 35.5. The molecule has 0 aliphatic carbocycles. The molecule has 0 unspecified atom stereocenters. The summed E-state index contributed by atoms with van der Waals surface area (Å²) in [4.78, 5) is 26.3. The average molecular weight is 718 g/mol. The molecule has 3 aliphatic heterocycles. The highest BCUT2D eigenvalue weighted by Gasteiger charge is 2.27. The maximum absolute atomic E-state index is 12.5. The van der Waals surface area contributed by atoms with E-state index in [9.17, 15) is 9.90 Å². The van der Waals surface area contributed by atoms with Gasteiger partial charge in [0.2, 0.25) is 0 Å². The smallest absolute Gasteiger partial charge is 0.410 e. The molecule has 0 radical (unpaired) electrons. The molecule has 0 bridgehead atoms. The van der Waals surface area contributed by atoms with Gasteiger partial charge in [0.1, 0.15) is 30.6 Å². The quantitative estimate of drug-likeness (QED) is 0.232. The number of rotatable bonds is 10. The Balaban J connectivity index is 1.15. The summed E-state index contributed by atoms with van der Waals surface area (Å²) in [7, 11) is -1.29. The van der Waals surface area contributed by atoms with Gasteiger partial charge in [0.25, 0.3) is 0 Å². The van der Waals surface area contributed by atoms with Gasteiger partial charge in [-0.1, -0.05) is 43.4 Å². The summed E-state index contributed by atoms with van der Waals surface area (Å²) >= 11 is 6.82. The Labute approximate surface area is 293 Å². The summed E-state index contributed by atoms with van der Waals surface area (Å²) in [6, 6.07) is 11.4. The highest BCUT2D eigenvalue weighted by molar-refractivity contribution is 6.76. The first-order valence-electron chi connectivity index (χ1n) is 17.2. The lowest BCUT2D eigenvalue weighted by molar-refractivity contribution is -0.0897. The van der Waals surface area contributed by atoms with Crippen LogP contribution in [0.4, 0.5) is 10.5 Å². The molecule has 0 spiro atoms. The molecule has 3 saturated heterocycles. The standard InChI is InChI=1S/C34H48ClN5O8Si/c1-49(2,3)17-16-44-23-40-32-30(36-33(40)47-28-21-45-19-26(41)20-46-22-28)18-29(35)31(37-32)24-4-6-25(7-5-24)38-10-8-27(9-11-38)48-34(42)39-12-14-43-15-13-39/h4-7,18,26-28,41H,8-17,19-23H2,1-3H3. The topological polar surface area (TPSA) is 130 Å². The first kappa shape index (κ1) is 35.8. The lowest BCUT2D eigenvalue weighted by Crippen LogP contribution is -2.44. The lowest BCUT2D eigenvalue weighted by Gasteiger charge is -2.35. The lowest BCUT2D eigenvalue weighted by atomic mass is 10.1. The molecule has 6 rings (SSSR count). The van der Waals surface area contributed by atoms with E-state index in [1.54, 1.807) is 4.90 Å². The Kier molecular flexibility index (Phi) is 12.0. The molecule has 15 heteroatoms. The van der Waals surface area contributed by atoms with Crippen LogP contribution in [0.25, 0.3) is 22.4 Å². The Morgan fingerprint density at radius 2 is 1.65 bits per heavy atom. The largest absolute Gasteiger partial charge is 0.456 e. The average Bonchev–Trinajstić information content (AvgIpc) is 3.40. The normalized spacial score (nSPS) is 21.4. The summed E-state index contributed by atoms with van der Waals surface area (Å²) in [5, 5.41) is 10.3. The summed E-state index contributed by atoms with van der Waals surface area (Å²) in [6.45, 7) is 12.5. The summed E-state index contributed by atoms with van der Waals surface area (Å²) in [5.74, 6) is 0. The number of benzene rings is 1. The molecule has 3 aromatic rings. The van der Waals surface area contributed by atoms with E-state index in [2.05, 4.69) is 36.7 Å². The number of hydrogen-bond acceptors (Lipinski definition) is 11. The number of nitrogens with zero attached hydrogens (tertiary/aromatic N) is 5. The van der Waals surface area contributed by atoms with Gasteiger partial charge in [-0.15, -0.1) is 0 Å². The molecule has 3 aliphatic rings. The fourth-order valence-electron chi connectivity index (χ4n) is 5.96. The second-order valence-electron chi connectivity index (χ2n) is 14.0. The van der Waals surface area contributed by atoms with Crippen LogP contribution in [-0.4, -0.2) is 129 Å². The summed E-state index contributed by atoms with van der Waals surface area (Å²) in [6.07, 6.45) is 0.144. The minimum Gasteiger partial charge on any atom is -0.456 e. The van der Waals surface area contributed by atoms with Crippen molar-refractivity contribution < 1.29 is 38.3 Å². The Hall–Kier alpha value is -2.98. The molecule has 1 aromatic carbocycles. The monoisotopic (exact) mass is 717 g/mol. The van der Waals surface area contributed by atoms with Crippen LogP contribution in [0.2, 0.25) is 30.7 Å². The number of carbonyl (C=O) groups is 1. The van der Waals surface area contributed by atoms with Gasteiger partial charge in [-0.3, -0.25) is 4.57 Å². The van der Waals surface area contributed by atoms with E-state index in [1.807, 2.05) is 22.8 Å². The summed E-state index contributed by atoms with van der Waals surface area (Å²) in [5.41, 5.74) is 3.79. The minimum absolute atomic E-state index is 0.0844. The number of halogens is 1. The van der Waals surface area contributed by atoms with E-state index in [-0.39, 0.29) is 45.4 Å². The van der Waals surface area contributed by atoms with Gasteiger partial charge in [-0.25, -0.2) is 9.78 Å². The number of imidazole rings is 1. The number of fused-ring (bicyclic) bond motifs is 1. The fourth-order valence-corrected chi connectivity index (χ4v) is 6.97. The van der Waals surface area contributed by atoms with Crippen molar-refractivity contribution in [2.24, 2.45) is 0 Å². The molecule has 5 heterocycles. The van der Waals surface area contributed by atoms with Gasteiger partial charge in [0, 0.05) is 65.0 Å². The van der Waals surface area contributed by atoms with Crippen LogP contribution in [0, 0.1) is 0 Å². The number of aromatic nitrogens is 3. The molecular formula is C34H48ClN5O8Si. The number of aliphatic hydroxyl groups is 1. The second kappa shape index (κ2) is 16.4. The van der Waals surface area contributed by atoms with Gasteiger partial charge in [0.15, 0.2) is 5.65 Å². The third-order valence-corrected chi connectivity index (χ3v) is 10.8. The molecule has 0 atom stereocenters. The van der Waals surface area contributed by atoms with Crippen LogP contribution in [0.15, 0.2) is 30.3 Å². The third-order valence-electron chi connectivity index (χ3n) is 8.84. The second-order valence-corrected chi connectivity index (χ2v) is 20.0. The first-order chi connectivity index (χ1) is 23.6. The van der Waals surface area contributed by atoms with Crippen molar-refractivity contribution in [1.29, 1.82) is 0 Å². The molecule has 13 nitrogen and oxygen atoms in total. The maximum Gasteiger partial charge on any atom is 0.410 e. The maximum atomic E-state index is 12.5. The summed E-state index contributed by atoms with van der Waals surface area (Å²) < 4.78 is 36.7. The SMILES string of the molecule is C[Si](C)(C)CCOCn1c(OC2COCC(O)COC2)nc2cc(Cl)c(-c3ccc(N4CCC(OC(=O)N5CCOCC5)CC4)cc3)nc21. The van der Waals surface area contributed by atoms with Crippen molar-refractivity contribution in [3.05, 3.63) is 35.4 Å². The fraction of sp³-hybridized carbons (Fsp3) is 0.618. The highest BCUT2D eigenvalue weighted by Crippen LogP contribution is 2.33. The van der Waals surface area contributed by atoms with E-state index in [0.717, 1.165) is 43.2 Å². The van der Waals surface area contributed by atoms with Gasteiger partial charge < -0.3 is 43.3 Å². The van der Waals surface area contributed by atoms with E-state index in [1.165, 1.54) is 0 Å². The zero-order valence-corrected chi connectivity index (χ0v) is 30.4. The predicted molar refractivity (Wildman–Crippen MR) is 188 cm³/mol. The first-order valence-corrected chi connectivity index (χ1v) is 21.2. The van der Waals surface area contributed by atoms with Crippen LogP contribution < -0.4 is 9.64 Å². The van der Waals surface area contributed by atoms with Crippen LogP contribution in [0.1, 0.15) is 12.8 Å². The number of pyridine rings is 1. The van der Waals surface area contributed by atoms with Crippen molar-refractivity contribution >= 4 is 42.6 Å². The van der Waals surface area contributed by atoms with E-state index in [4.69, 9.17) is 50.0 Å². The van der Waals surface area contributed by atoms with Crippen molar-refractivity contribution in [1.82, 2.24) is 19.4 Å². The number of amides is 1. The number of anilines is 1. The van der Waals surface area contributed by atoms with Crippen molar-refractivity contribution in [2.75, 3.05) is 77.3 Å². The number of aliphatic hydroxyl groups excluding tert-OH is 1. The van der Waals surface area contributed by atoms with Crippen LogP contribution in [-0.2, 0) is 30.4 Å². The molecule has 49 heavy (non-hydrogen) atoms. The van der Waals surface area contributed by atoms with Gasteiger partial charge in [-0.2, -0.15) is 4.98 Å². The van der Waals surface area contributed by atoms with Gasteiger partial charge >= 0.3 is 12.1 Å². The van der Waals surface area contributed by atoms with Crippen LogP contribution in [0.5, 0.6) is 6.01 Å². The zero-order chi connectivity index (χ0) is 34.4. The molecule has 1 amide bonds. The molecule has 1 N–H and O–H groups in total. The number of ether oxygens (including phenoxy) is 6. The number of hydrogen-bond donors (Lipinski definition) is 1. The minimum atomic E-state index is -1.29. The predicted octanol–water partition coefficient (Wildman–Crippen LogP) is 4.66. The van der Waals surface area contributed by atoms with Crippen molar-refractivity contribution in [3.8, 4) is 17.3 Å². The number of piperidine rings is 1. The van der Waals surface area contributed by atoms with Crippen molar-refractivity contribution in [2.45, 2.75) is 63.6 Å². The van der Waals surface area contributed by atoms with E-state index >= 15 is 0 Å². The Bertz CT molecular complexity index is 1530. The number of carbonyl (C=O) groups excluding carboxylic acids is 1.